The van der Waals surface area contributed by atoms with Crippen LogP contribution in [0.5, 0.6) is 0 Å². The maximum Gasteiger partial charge on any atom is 0.115 e. The number of benzene rings is 5. The summed E-state index contributed by atoms with van der Waals surface area (Å²) in [6, 6.07) is 46.4. The molecule has 0 fully saturated rings. The molecular formula is C33H29NSi. The van der Waals surface area contributed by atoms with Crippen molar-refractivity contribution in [1.82, 2.24) is 0 Å². The van der Waals surface area contributed by atoms with Crippen LogP contribution < -0.4 is 15.3 Å². The van der Waals surface area contributed by atoms with E-state index in [9.17, 15) is 0 Å². The molecule has 0 atom stereocenters. The second-order valence-electron chi connectivity index (χ2n) is 9.85. The van der Waals surface area contributed by atoms with Crippen LogP contribution in [0.4, 0.5) is 17.1 Å². The summed E-state index contributed by atoms with van der Waals surface area (Å²) >= 11 is 0. The second-order valence-corrected chi connectivity index (χ2v) is 14.1. The van der Waals surface area contributed by atoms with Gasteiger partial charge in [0.15, 0.2) is 0 Å². The summed E-state index contributed by atoms with van der Waals surface area (Å²) in [5.41, 5.74) is 9.14. The smallest absolute Gasteiger partial charge is 0.115 e. The van der Waals surface area contributed by atoms with Crippen molar-refractivity contribution >= 4 is 35.5 Å². The van der Waals surface area contributed by atoms with Gasteiger partial charge in [-0.05, 0) is 64.2 Å². The molecule has 0 unspecified atom stereocenters. The Bertz CT molecular complexity index is 1470. The summed E-state index contributed by atoms with van der Waals surface area (Å²) in [6.07, 6.45) is 1.01. The Labute approximate surface area is 209 Å². The van der Waals surface area contributed by atoms with Crippen molar-refractivity contribution in [2.45, 2.75) is 19.5 Å². The maximum atomic E-state index is 2.51. The fourth-order valence-electron chi connectivity index (χ4n) is 5.70. The predicted octanol–water partition coefficient (Wildman–Crippen LogP) is 7.55. The maximum absolute atomic E-state index is 2.51. The first-order valence-electron chi connectivity index (χ1n) is 12.3. The van der Waals surface area contributed by atoms with E-state index >= 15 is 0 Å². The average molecular weight is 468 g/mol. The molecular weight excluding hydrogens is 438 g/mol. The zero-order chi connectivity index (χ0) is 23.8. The van der Waals surface area contributed by atoms with Crippen LogP contribution in [0.15, 0.2) is 127 Å². The van der Waals surface area contributed by atoms with E-state index in [1.54, 1.807) is 10.4 Å². The molecule has 5 aromatic carbocycles. The molecule has 1 heterocycles. The normalized spacial score (nSPS) is 13.5. The molecule has 0 amide bonds. The number of fused-ring (bicyclic) bond motifs is 2. The minimum Gasteiger partial charge on any atom is -0.311 e. The fraction of sp³-hybridized carbons (Fsp3) is 0.0909. The third-order valence-corrected chi connectivity index (χ3v) is 11.0. The van der Waals surface area contributed by atoms with Gasteiger partial charge in [0.05, 0.1) is 0 Å². The third-order valence-electron chi connectivity index (χ3n) is 7.31. The van der Waals surface area contributed by atoms with Crippen molar-refractivity contribution in [3.8, 4) is 11.1 Å². The van der Waals surface area contributed by atoms with E-state index in [1.165, 1.54) is 39.3 Å². The standard InChI is InChI=1S/C33H29NSi/c1-35(2)32-19-10-9-14-27(32)24-28-15-11-18-31(33(28)35)34(29-16-7-4-8-17-29)30-22-20-26(21-23-30)25-12-5-3-6-13-25/h3-23H,24H2,1-2H3. The van der Waals surface area contributed by atoms with Crippen LogP contribution >= 0.6 is 0 Å². The van der Waals surface area contributed by atoms with Crippen molar-refractivity contribution in [3.63, 3.8) is 0 Å². The highest BCUT2D eigenvalue weighted by molar-refractivity contribution is 7.02. The van der Waals surface area contributed by atoms with Gasteiger partial charge in [-0.15, -0.1) is 0 Å². The van der Waals surface area contributed by atoms with Crippen molar-refractivity contribution in [3.05, 3.63) is 139 Å². The van der Waals surface area contributed by atoms with E-state index in [2.05, 4.69) is 145 Å². The Hall–Kier alpha value is -3.88. The van der Waals surface area contributed by atoms with E-state index in [0.29, 0.717) is 0 Å². The Kier molecular flexibility index (Phi) is 5.39. The van der Waals surface area contributed by atoms with Crippen LogP contribution in [0.1, 0.15) is 11.1 Å². The molecule has 1 aliphatic rings. The molecule has 1 aliphatic heterocycles. The number of rotatable bonds is 4. The number of para-hydroxylation sites is 1. The lowest BCUT2D eigenvalue weighted by Gasteiger charge is -2.38. The van der Waals surface area contributed by atoms with Gasteiger partial charge >= 0.3 is 0 Å². The molecule has 0 bridgehead atoms. The quantitative estimate of drug-likeness (QED) is 0.247. The number of hydrogen-bond acceptors (Lipinski definition) is 1. The Morgan fingerprint density at radius 2 is 1.09 bits per heavy atom. The van der Waals surface area contributed by atoms with Crippen LogP contribution in [0.3, 0.4) is 0 Å². The van der Waals surface area contributed by atoms with Gasteiger partial charge in [0.1, 0.15) is 8.07 Å². The first-order valence-corrected chi connectivity index (χ1v) is 15.3. The van der Waals surface area contributed by atoms with Gasteiger partial charge in [0.25, 0.3) is 0 Å². The monoisotopic (exact) mass is 467 g/mol. The minimum absolute atomic E-state index is 1.01. The summed E-state index contributed by atoms with van der Waals surface area (Å²) in [5, 5.41) is 3.11. The summed E-state index contributed by atoms with van der Waals surface area (Å²) < 4.78 is 0. The van der Waals surface area contributed by atoms with Crippen LogP contribution in [0.2, 0.25) is 13.1 Å². The van der Waals surface area contributed by atoms with Gasteiger partial charge in [0, 0.05) is 17.1 Å². The van der Waals surface area contributed by atoms with E-state index < -0.39 is 8.07 Å². The van der Waals surface area contributed by atoms with Crippen LogP contribution in [0, 0.1) is 0 Å². The summed E-state index contributed by atoms with van der Waals surface area (Å²) in [7, 11) is -1.91. The Balaban J connectivity index is 1.52. The molecule has 0 aromatic heterocycles. The largest absolute Gasteiger partial charge is 0.311 e. The van der Waals surface area contributed by atoms with Gasteiger partial charge in [-0.3, -0.25) is 0 Å². The molecule has 5 aromatic rings. The first-order chi connectivity index (χ1) is 17.1. The van der Waals surface area contributed by atoms with Crippen molar-refractivity contribution in [2.75, 3.05) is 4.90 Å². The van der Waals surface area contributed by atoms with Crippen molar-refractivity contribution in [1.29, 1.82) is 0 Å². The molecule has 0 saturated heterocycles. The SMILES string of the molecule is C[Si]1(C)c2ccccc2Cc2cccc(N(c3ccccc3)c3ccc(-c4ccccc4)cc3)c21. The minimum atomic E-state index is -1.91. The number of anilines is 3. The summed E-state index contributed by atoms with van der Waals surface area (Å²) in [5.74, 6) is 0. The molecule has 0 saturated carbocycles. The van der Waals surface area contributed by atoms with E-state index in [-0.39, 0.29) is 0 Å². The summed E-state index contributed by atoms with van der Waals surface area (Å²) in [4.78, 5) is 2.45. The number of hydrogen-bond donors (Lipinski definition) is 0. The van der Waals surface area contributed by atoms with Crippen LogP contribution in [-0.4, -0.2) is 8.07 Å². The zero-order valence-electron chi connectivity index (χ0n) is 20.3. The topological polar surface area (TPSA) is 3.24 Å². The van der Waals surface area contributed by atoms with Gasteiger partial charge < -0.3 is 4.90 Å². The van der Waals surface area contributed by atoms with E-state index in [1.807, 2.05) is 0 Å². The molecule has 1 nitrogen and oxygen atoms in total. The lowest BCUT2D eigenvalue weighted by Crippen LogP contribution is -2.59. The highest BCUT2D eigenvalue weighted by atomic mass is 28.3. The van der Waals surface area contributed by atoms with Gasteiger partial charge in [-0.25, -0.2) is 0 Å². The van der Waals surface area contributed by atoms with E-state index in [4.69, 9.17) is 0 Å². The van der Waals surface area contributed by atoms with Crippen molar-refractivity contribution in [2.24, 2.45) is 0 Å². The molecule has 2 heteroatoms. The first kappa shape index (κ1) is 21.6. The lowest BCUT2D eigenvalue weighted by molar-refractivity contribution is 1.18. The highest BCUT2D eigenvalue weighted by Crippen LogP contribution is 2.37. The number of nitrogens with zero attached hydrogens (tertiary/aromatic N) is 1. The fourth-order valence-corrected chi connectivity index (χ4v) is 9.27. The molecule has 35 heavy (non-hydrogen) atoms. The van der Waals surface area contributed by atoms with Crippen molar-refractivity contribution < 1.29 is 0 Å². The average Bonchev–Trinajstić information content (AvgIpc) is 2.90. The Morgan fingerprint density at radius 1 is 0.514 bits per heavy atom. The zero-order valence-corrected chi connectivity index (χ0v) is 21.3. The highest BCUT2D eigenvalue weighted by Gasteiger charge is 2.37. The molecule has 0 aliphatic carbocycles. The second kappa shape index (κ2) is 8.72. The molecule has 0 spiro atoms. The molecule has 6 rings (SSSR count). The van der Waals surface area contributed by atoms with E-state index in [0.717, 1.165) is 6.42 Å². The van der Waals surface area contributed by atoms with Crippen LogP contribution in [0.25, 0.3) is 11.1 Å². The van der Waals surface area contributed by atoms with Gasteiger partial charge in [-0.1, -0.05) is 115 Å². The molecule has 0 N–H and O–H groups in total. The van der Waals surface area contributed by atoms with Gasteiger partial charge in [0.2, 0.25) is 0 Å². The lowest BCUT2D eigenvalue weighted by atomic mass is 10.0. The molecule has 0 radical (unpaired) electrons. The molecule has 170 valence electrons. The van der Waals surface area contributed by atoms with Crippen LogP contribution in [-0.2, 0) is 6.42 Å². The third kappa shape index (κ3) is 3.80. The van der Waals surface area contributed by atoms with Gasteiger partial charge in [-0.2, -0.15) is 0 Å². The Morgan fingerprint density at radius 3 is 1.83 bits per heavy atom. The predicted molar refractivity (Wildman–Crippen MR) is 153 cm³/mol. The summed E-state index contributed by atoms with van der Waals surface area (Å²) in [6.45, 7) is 5.02.